The number of pyridine rings is 1. The number of nitrogens with two attached hydrogens (primary N) is 1. The molecule has 0 radical (unpaired) electrons. The highest BCUT2D eigenvalue weighted by molar-refractivity contribution is 5.42. The van der Waals surface area contributed by atoms with Crippen LogP contribution in [-0.2, 0) is 4.74 Å². The maximum atomic E-state index is 5.86. The van der Waals surface area contributed by atoms with Crippen molar-refractivity contribution in [2.45, 2.75) is 44.6 Å². The number of aryl methyl sites for hydroxylation is 1. The maximum Gasteiger partial charge on any atom is 0.0605 e. The van der Waals surface area contributed by atoms with E-state index in [0.29, 0.717) is 5.92 Å². The molecule has 0 bridgehead atoms. The van der Waals surface area contributed by atoms with E-state index < -0.39 is 0 Å². The molecule has 20 heavy (non-hydrogen) atoms. The van der Waals surface area contributed by atoms with Gasteiger partial charge in [-0.3, -0.25) is 9.88 Å². The second-order valence-electron chi connectivity index (χ2n) is 6.06. The first-order chi connectivity index (χ1) is 9.74. The molecule has 2 heterocycles. The van der Waals surface area contributed by atoms with Crippen LogP contribution in [0.2, 0.25) is 0 Å². The molecule has 1 aliphatic heterocycles. The lowest BCUT2D eigenvalue weighted by Crippen LogP contribution is -2.44. The van der Waals surface area contributed by atoms with E-state index in [1.165, 1.54) is 31.4 Å². The average molecular weight is 275 g/mol. The van der Waals surface area contributed by atoms with Crippen LogP contribution in [0.4, 0.5) is 5.69 Å². The molecule has 1 aliphatic carbocycles. The molecule has 2 aliphatic rings. The van der Waals surface area contributed by atoms with Crippen LogP contribution in [0.5, 0.6) is 0 Å². The number of morpholine rings is 1. The summed E-state index contributed by atoms with van der Waals surface area (Å²) >= 11 is 0. The van der Waals surface area contributed by atoms with Gasteiger partial charge in [-0.2, -0.15) is 0 Å². The van der Waals surface area contributed by atoms with E-state index in [-0.39, 0.29) is 0 Å². The van der Waals surface area contributed by atoms with E-state index >= 15 is 0 Å². The number of anilines is 1. The van der Waals surface area contributed by atoms with Crippen molar-refractivity contribution in [1.82, 2.24) is 9.88 Å². The minimum Gasteiger partial charge on any atom is -0.397 e. The summed E-state index contributed by atoms with van der Waals surface area (Å²) in [6.45, 7) is 6.01. The molecule has 1 aromatic rings. The van der Waals surface area contributed by atoms with E-state index in [1.54, 1.807) is 0 Å². The zero-order valence-electron chi connectivity index (χ0n) is 12.3. The van der Waals surface area contributed by atoms with Gasteiger partial charge in [-0.25, -0.2) is 0 Å². The number of aromatic nitrogens is 1. The topological polar surface area (TPSA) is 51.4 Å². The second kappa shape index (κ2) is 6.10. The van der Waals surface area contributed by atoms with Crippen molar-refractivity contribution in [2.75, 3.05) is 32.0 Å². The molecular formula is C16H25N3O. The first kappa shape index (κ1) is 13.8. The minimum atomic E-state index is 0.617. The van der Waals surface area contributed by atoms with Gasteiger partial charge in [0.05, 0.1) is 24.6 Å². The van der Waals surface area contributed by atoms with Gasteiger partial charge in [-0.05, 0) is 44.7 Å². The van der Waals surface area contributed by atoms with E-state index in [9.17, 15) is 0 Å². The van der Waals surface area contributed by atoms with E-state index in [2.05, 4.69) is 16.0 Å². The highest BCUT2D eigenvalue weighted by Crippen LogP contribution is 2.34. The third kappa shape index (κ3) is 2.96. The van der Waals surface area contributed by atoms with Crippen molar-refractivity contribution >= 4 is 5.69 Å². The summed E-state index contributed by atoms with van der Waals surface area (Å²) in [5, 5.41) is 0. The zero-order valence-corrected chi connectivity index (χ0v) is 12.3. The van der Waals surface area contributed by atoms with Crippen LogP contribution >= 0.6 is 0 Å². The molecule has 2 fully saturated rings. The van der Waals surface area contributed by atoms with Crippen LogP contribution in [-0.4, -0.2) is 42.2 Å². The van der Waals surface area contributed by atoms with Crippen LogP contribution in [0.3, 0.4) is 0 Å². The summed E-state index contributed by atoms with van der Waals surface area (Å²) < 4.78 is 5.44. The lowest BCUT2D eigenvalue weighted by Gasteiger charge is -2.38. The first-order valence-electron chi connectivity index (χ1n) is 7.79. The molecule has 0 spiro atoms. The number of nitrogen functional groups attached to an aromatic ring is 1. The molecule has 1 aromatic heterocycles. The first-order valence-corrected chi connectivity index (χ1v) is 7.79. The molecule has 0 aromatic carbocycles. The van der Waals surface area contributed by atoms with Gasteiger partial charge in [-0.15, -0.1) is 0 Å². The van der Waals surface area contributed by atoms with Crippen molar-refractivity contribution in [3.8, 4) is 0 Å². The van der Waals surface area contributed by atoms with Gasteiger partial charge in [0.1, 0.15) is 0 Å². The SMILES string of the molecule is Cc1nc(C2CCC(N3CCOCC3)CC2)ccc1N. The highest BCUT2D eigenvalue weighted by atomic mass is 16.5. The summed E-state index contributed by atoms with van der Waals surface area (Å²) in [5.41, 5.74) is 8.86. The Balaban J connectivity index is 1.58. The van der Waals surface area contributed by atoms with E-state index in [0.717, 1.165) is 43.7 Å². The lowest BCUT2D eigenvalue weighted by molar-refractivity contribution is 0.00721. The highest BCUT2D eigenvalue weighted by Gasteiger charge is 2.28. The van der Waals surface area contributed by atoms with Crippen LogP contribution < -0.4 is 5.73 Å². The number of hydrogen-bond donors (Lipinski definition) is 1. The molecule has 1 saturated carbocycles. The van der Waals surface area contributed by atoms with Gasteiger partial charge in [0.25, 0.3) is 0 Å². The van der Waals surface area contributed by atoms with Crippen molar-refractivity contribution in [1.29, 1.82) is 0 Å². The van der Waals surface area contributed by atoms with Crippen LogP contribution in [0.25, 0.3) is 0 Å². The molecule has 3 rings (SSSR count). The summed E-state index contributed by atoms with van der Waals surface area (Å²) in [4.78, 5) is 7.29. The fourth-order valence-electron chi connectivity index (χ4n) is 3.50. The monoisotopic (exact) mass is 275 g/mol. The largest absolute Gasteiger partial charge is 0.397 e. The van der Waals surface area contributed by atoms with Crippen LogP contribution in [0.15, 0.2) is 12.1 Å². The quantitative estimate of drug-likeness (QED) is 0.900. The molecule has 1 saturated heterocycles. The molecule has 2 N–H and O–H groups in total. The van der Waals surface area contributed by atoms with Gasteiger partial charge in [-0.1, -0.05) is 0 Å². The van der Waals surface area contributed by atoms with Gasteiger partial charge < -0.3 is 10.5 Å². The van der Waals surface area contributed by atoms with Crippen molar-refractivity contribution in [2.24, 2.45) is 0 Å². The second-order valence-corrected chi connectivity index (χ2v) is 6.06. The van der Waals surface area contributed by atoms with Crippen molar-refractivity contribution < 1.29 is 4.74 Å². The molecule has 0 unspecified atom stereocenters. The number of ether oxygens (including phenoxy) is 1. The average Bonchev–Trinajstić information content (AvgIpc) is 2.51. The summed E-state index contributed by atoms with van der Waals surface area (Å²) in [7, 11) is 0. The Labute approximate surface area is 121 Å². The fourth-order valence-corrected chi connectivity index (χ4v) is 3.50. The molecule has 0 atom stereocenters. The Morgan fingerprint density at radius 3 is 2.50 bits per heavy atom. The predicted octanol–water partition coefficient (Wildman–Crippen LogP) is 2.33. The summed E-state index contributed by atoms with van der Waals surface area (Å²) in [5.74, 6) is 0.617. The van der Waals surface area contributed by atoms with Gasteiger partial charge in [0.15, 0.2) is 0 Å². The van der Waals surface area contributed by atoms with Crippen molar-refractivity contribution in [3.63, 3.8) is 0 Å². The van der Waals surface area contributed by atoms with E-state index in [4.69, 9.17) is 10.5 Å². The third-order valence-corrected chi connectivity index (χ3v) is 4.83. The molecule has 0 amide bonds. The number of hydrogen-bond acceptors (Lipinski definition) is 4. The van der Waals surface area contributed by atoms with Gasteiger partial charge in [0, 0.05) is 30.7 Å². The zero-order chi connectivity index (χ0) is 13.9. The van der Waals surface area contributed by atoms with Crippen LogP contribution in [0, 0.1) is 6.92 Å². The lowest BCUT2D eigenvalue weighted by atomic mass is 9.83. The Hall–Kier alpha value is -1.13. The Morgan fingerprint density at radius 1 is 1.15 bits per heavy atom. The minimum absolute atomic E-state index is 0.617. The predicted molar refractivity (Wildman–Crippen MR) is 80.8 cm³/mol. The van der Waals surface area contributed by atoms with Crippen LogP contribution in [0.1, 0.15) is 43.0 Å². The molecule has 4 heteroatoms. The number of nitrogens with zero attached hydrogens (tertiary/aromatic N) is 2. The molecular weight excluding hydrogens is 250 g/mol. The summed E-state index contributed by atoms with van der Waals surface area (Å²) in [6.07, 6.45) is 5.07. The Bertz CT molecular complexity index is 449. The van der Waals surface area contributed by atoms with Crippen molar-refractivity contribution in [3.05, 3.63) is 23.5 Å². The Morgan fingerprint density at radius 2 is 1.85 bits per heavy atom. The number of rotatable bonds is 2. The maximum absolute atomic E-state index is 5.86. The standard InChI is InChI=1S/C16H25N3O/c1-12-15(17)6-7-16(18-12)13-2-4-14(5-3-13)19-8-10-20-11-9-19/h6-7,13-14H,2-5,8-11,17H2,1H3. The fraction of sp³-hybridized carbons (Fsp3) is 0.688. The molecule has 4 nitrogen and oxygen atoms in total. The Kier molecular flexibility index (Phi) is 4.22. The van der Waals surface area contributed by atoms with Gasteiger partial charge >= 0.3 is 0 Å². The van der Waals surface area contributed by atoms with E-state index in [1.807, 2.05) is 13.0 Å². The summed E-state index contributed by atoms with van der Waals surface area (Å²) in [6, 6.07) is 4.87. The third-order valence-electron chi connectivity index (χ3n) is 4.83. The molecule has 110 valence electrons. The normalized spacial score (nSPS) is 28.4. The van der Waals surface area contributed by atoms with Gasteiger partial charge in [0.2, 0.25) is 0 Å². The smallest absolute Gasteiger partial charge is 0.0605 e.